The Bertz CT molecular complexity index is 1210. The van der Waals surface area contributed by atoms with E-state index in [2.05, 4.69) is 12.1 Å². The van der Waals surface area contributed by atoms with E-state index in [1.807, 2.05) is 57.2 Å². The van der Waals surface area contributed by atoms with Gasteiger partial charge in [0.2, 0.25) is 0 Å². The SMILES string of the molecule is Cc1cc(C(c2ccc(Cl)c(C)c2)c2cc(Cl)cc(C)c2OC[C@@H]2C[C@@H](O)CC(=O)O2)ccc1Cl. The topological polar surface area (TPSA) is 55.8 Å². The minimum atomic E-state index is -0.725. The summed E-state index contributed by atoms with van der Waals surface area (Å²) in [5.74, 6) is 0.0288. The summed E-state index contributed by atoms with van der Waals surface area (Å²) in [6.07, 6.45) is -0.903. The van der Waals surface area contributed by atoms with E-state index in [1.54, 1.807) is 0 Å². The van der Waals surface area contributed by atoms with Crippen LogP contribution in [0.3, 0.4) is 0 Å². The fourth-order valence-electron chi connectivity index (χ4n) is 4.55. The molecule has 1 N–H and O–H groups in total. The predicted octanol–water partition coefficient (Wildman–Crippen LogP) is 7.20. The number of carbonyl (C=O) groups excluding carboxylic acids is 1. The van der Waals surface area contributed by atoms with E-state index >= 15 is 0 Å². The van der Waals surface area contributed by atoms with Crippen LogP contribution < -0.4 is 4.74 Å². The number of carbonyl (C=O) groups is 1. The Morgan fingerprint density at radius 3 is 2.09 bits per heavy atom. The van der Waals surface area contributed by atoms with E-state index in [0.717, 1.165) is 33.4 Å². The second kappa shape index (κ2) is 10.8. The molecule has 35 heavy (non-hydrogen) atoms. The largest absolute Gasteiger partial charge is 0.489 e. The molecule has 3 aromatic carbocycles. The van der Waals surface area contributed by atoms with Gasteiger partial charge in [-0.2, -0.15) is 0 Å². The molecule has 1 aliphatic heterocycles. The lowest BCUT2D eigenvalue weighted by atomic mass is 9.83. The summed E-state index contributed by atoms with van der Waals surface area (Å²) < 4.78 is 11.7. The first-order valence-electron chi connectivity index (χ1n) is 11.4. The quantitative estimate of drug-likeness (QED) is 0.269. The van der Waals surface area contributed by atoms with Crippen molar-refractivity contribution in [1.82, 2.24) is 0 Å². The Morgan fingerprint density at radius 1 is 0.943 bits per heavy atom. The summed E-state index contributed by atoms with van der Waals surface area (Å²) in [5, 5.41) is 12.0. The Morgan fingerprint density at radius 2 is 1.54 bits per heavy atom. The highest BCUT2D eigenvalue weighted by molar-refractivity contribution is 6.31. The van der Waals surface area contributed by atoms with Crippen LogP contribution in [0, 0.1) is 20.8 Å². The molecule has 4 nitrogen and oxygen atoms in total. The van der Waals surface area contributed by atoms with Crippen LogP contribution in [-0.4, -0.2) is 29.9 Å². The van der Waals surface area contributed by atoms with E-state index in [-0.39, 0.29) is 18.9 Å². The number of hydrogen-bond acceptors (Lipinski definition) is 4. The van der Waals surface area contributed by atoms with Crippen molar-refractivity contribution in [2.75, 3.05) is 6.61 Å². The van der Waals surface area contributed by atoms with E-state index < -0.39 is 18.2 Å². The number of aliphatic hydroxyl groups excluding tert-OH is 1. The normalized spacial score (nSPS) is 18.0. The third kappa shape index (κ3) is 5.95. The van der Waals surface area contributed by atoms with Crippen LogP contribution in [0.15, 0.2) is 48.5 Å². The van der Waals surface area contributed by atoms with Gasteiger partial charge in [-0.1, -0.05) is 59.1 Å². The summed E-state index contributed by atoms with van der Waals surface area (Å²) in [6, 6.07) is 15.7. The lowest BCUT2D eigenvalue weighted by molar-refractivity contribution is -0.162. The molecule has 1 saturated heterocycles. The van der Waals surface area contributed by atoms with Crippen molar-refractivity contribution < 1.29 is 19.4 Å². The van der Waals surface area contributed by atoms with Crippen molar-refractivity contribution in [3.8, 4) is 5.75 Å². The second-order valence-electron chi connectivity index (χ2n) is 9.11. The first-order chi connectivity index (χ1) is 16.6. The predicted molar refractivity (Wildman–Crippen MR) is 140 cm³/mol. The number of esters is 1. The number of aliphatic hydroxyl groups is 1. The molecule has 7 heteroatoms. The maximum atomic E-state index is 11.8. The average Bonchev–Trinajstić information content (AvgIpc) is 2.77. The molecule has 0 saturated carbocycles. The zero-order valence-electron chi connectivity index (χ0n) is 19.8. The molecule has 0 aliphatic carbocycles. The number of hydrogen-bond donors (Lipinski definition) is 1. The van der Waals surface area contributed by atoms with Crippen molar-refractivity contribution in [3.05, 3.63) is 97.0 Å². The van der Waals surface area contributed by atoms with Crippen molar-refractivity contribution in [1.29, 1.82) is 0 Å². The molecule has 4 rings (SSSR count). The third-order valence-corrected chi connectivity index (χ3v) is 7.33. The van der Waals surface area contributed by atoms with Crippen molar-refractivity contribution in [2.24, 2.45) is 0 Å². The summed E-state index contributed by atoms with van der Waals surface area (Å²) >= 11 is 19.2. The zero-order chi connectivity index (χ0) is 25.3. The fourth-order valence-corrected chi connectivity index (χ4v) is 5.07. The highest BCUT2D eigenvalue weighted by Crippen LogP contribution is 2.42. The van der Waals surface area contributed by atoms with Crippen LogP contribution in [0.25, 0.3) is 0 Å². The average molecular weight is 534 g/mol. The Labute approximate surface area is 220 Å². The van der Waals surface area contributed by atoms with Gasteiger partial charge >= 0.3 is 5.97 Å². The summed E-state index contributed by atoms with van der Waals surface area (Å²) in [6.45, 7) is 6.01. The number of ether oxygens (including phenoxy) is 2. The second-order valence-corrected chi connectivity index (χ2v) is 10.4. The summed E-state index contributed by atoms with van der Waals surface area (Å²) in [7, 11) is 0. The molecule has 2 atom stereocenters. The van der Waals surface area contributed by atoms with Crippen LogP contribution in [0.2, 0.25) is 15.1 Å². The van der Waals surface area contributed by atoms with E-state index in [9.17, 15) is 9.90 Å². The van der Waals surface area contributed by atoms with Crippen LogP contribution in [0.4, 0.5) is 0 Å². The van der Waals surface area contributed by atoms with Crippen molar-refractivity contribution in [2.45, 2.75) is 51.7 Å². The highest BCUT2D eigenvalue weighted by atomic mass is 35.5. The number of benzene rings is 3. The van der Waals surface area contributed by atoms with Crippen LogP contribution in [-0.2, 0) is 9.53 Å². The van der Waals surface area contributed by atoms with Gasteiger partial charge in [0, 0.05) is 33.0 Å². The van der Waals surface area contributed by atoms with E-state index in [0.29, 0.717) is 27.2 Å². The minimum absolute atomic E-state index is 0.00956. The molecule has 0 bridgehead atoms. The monoisotopic (exact) mass is 532 g/mol. The van der Waals surface area contributed by atoms with Gasteiger partial charge in [-0.3, -0.25) is 4.79 Å². The molecular formula is C28H27Cl3O4. The Balaban J connectivity index is 1.81. The molecule has 0 spiro atoms. The number of halogens is 3. The van der Waals surface area contributed by atoms with Gasteiger partial charge < -0.3 is 14.6 Å². The van der Waals surface area contributed by atoms with Crippen molar-refractivity contribution >= 4 is 40.8 Å². The van der Waals surface area contributed by atoms with Gasteiger partial charge in [0.1, 0.15) is 18.5 Å². The fraction of sp³-hybridized carbons (Fsp3) is 0.321. The molecule has 1 aliphatic rings. The van der Waals surface area contributed by atoms with E-state index in [1.165, 1.54) is 0 Å². The number of aryl methyl sites for hydroxylation is 3. The molecule has 0 amide bonds. The van der Waals surface area contributed by atoms with Gasteiger partial charge in [0.15, 0.2) is 0 Å². The molecule has 0 unspecified atom stereocenters. The van der Waals surface area contributed by atoms with Gasteiger partial charge in [-0.05, 0) is 72.9 Å². The Kier molecular flexibility index (Phi) is 7.97. The van der Waals surface area contributed by atoms with Crippen LogP contribution in [0.5, 0.6) is 5.75 Å². The standard InChI is InChI=1S/C28H27Cl3O4/c1-15-8-18(4-6-24(15)30)27(19-5-7-25(31)16(2)9-19)23-11-20(29)10-17(3)28(23)34-14-22-12-21(32)13-26(33)35-22/h4-11,21-22,27,32H,12-14H2,1-3H3/t21-,22+/m1/s1. The zero-order valence-corrected chi connectivity index (χ0v) is 22.0. The molecule has 0 radical (unpaired) electrons. The number of cyclic esters (lactones) is 1. The maximum Gasteiger partial charge on any atom is 0.308 e. The van der Waals surface area contributed by atoms with E-state index in [4.69, 9.17) is 44.3 Å². The molecular weight excluding hydrogens is 507 g/mol. The molecule has 184 valence electrons. The smallest absolute Gasteiger partial charge is 0.308 e. The van der Waals surface area contributed by atoms with Gasteiger partial charge in [0.05, 0.1) is 12.5 Å². The third-order valence-electron chi connectivity index (χ3n) is 6.26. The first-order valence-corrected chi connectivity index (χ1v) is 12.6. The van der Waals surface area contributed by atoms with Gasteiger partial charge in [0.25, 0.3) is 0 Å². The minimum Gasteiger partial charge on any atom is -0.489 e. The summed E-state index contributed by atoms with van der Waals surface area (Å²) in [4.78, 5) is 11.8. The van der Waals surface area contributed by atoms with Crippen LogP contribution >= 0.6 is 34.8 Å². The molecule has 0 aromatic heterocycles. The Hall–Kier alpha value is -2.24. The molecule has 1 heterocycles. The molecule has 3 aromatic rings. The maximum absolute atomic E-state index is 11.8. The van der Waals surface area contributed by atoms with Crippen molar-refractivity contribution in [3.63, 3.8) is 0 Å². The lowest BCUT2D eigenvalue weighted by Gasteiger charge is -2.28. The molecule has 1 fully saturated rings. The van der Waals surface area contributed by atoms with Gasteiger partial charge in [-0.25, -0.2) is 0 Å². The van der Waals surface area contributed by atoms with Crippen LogP contribution in [0.1, 0.15) is 52.1 Å². The number of rotatable bonds is 6. The highest BCUT2D eigenvalue weighted by Gasteiger charge is 2.29. The first kappa shape index (κ1) is 25.8. The van der Waals surface area contributed by atoms with Gasteiger partial charge in [-0.15, -0.1) is 0 Å². The summed E-state index contributed by atoms with van der Waals surface area (Å²) in [5.41, 5.74) is 5.71. The lowest BCUT2D eigenvalue weighted by Crippen LogP contribution is -2.36.